The van der Waals surface area contributed by atoms with Crippen LogP contribution >= 0.6 is 0 Å². The van der Waals surface area contributed by atoms with Crippen molar-refractivity contribution in [3.8, 4) is 0 Å². The molecule has 1 aromatic heterocycles. The van der Waals surface area contributed by atoms with Crippen molar-refractivity contribution in [2.45, 2.75) is 19.9 Å². The zero-order valence-corrected chi connectivity index (χ0v) is 11.7. The Balaban J connectivity index is 2.13. The predicted octanol–water partition coefficient (Wildman–Crippen LogP) is 2.44. The van der Waals surface area contributed by atoms with Gasteiger partial charge in [-0.15, -0.1) is 0 Å². The van der Waals surface area contributed by atoms with Gasteiger partial charge in [0.15, 0.2) is 5.76 Å². The first-order valence-corrected chi connectivity index (χ1v) is 6.86. The SMILES string of the molecule is CCc1ccc(C(=O)N(CCN)Cc2ccccc2)o1. The minimum atomic E-state index is -0.112. The second-order valence-corrected chi connectivity index (χ2v) is 4.62. The summed E-state index contributed by atoms with van der Waals surface area (Å²) in [6, 6.07) is 13.4. The van der Waals surface area contributed by atoms with Gasteiger partial charge in [0.2, 0.25) is 0 Å². The number of nitrogens with two attached hydrogens (primary N) is 1. The summed E-state index contributed by atoms with van der Waals surface area (Å²) >= 11 is 0. The molecule has 4 nitrogen and oxygen atoms in total. The lowest BCUT2D eigenvalue weighted by Gasteiger charge is -2.21. The third kappa shape index (κ3) is 3.48. The van der Waals surface area contributed by atoms with Gasteiger partial charge < -0.3 is 15.1 Å². The summed E-state index contributed by atoms with van der Waals surface area (Å²) in [5.41, 5.74) is 6.69. The molecule has 4 heteroatoms. The van der Waals surface area contributed by atoms with Crippen LogP contribution in [-0.4, -0.2) is 23.9 Å². The van der Waals surface area contributed by atoms with Gasteiger partial charge in [-0.1, -0.05) is 37.3 Å². The summed E-state index contributed by atoms with van der Waals surface area (Å²) in [4.78, 5) is 14.2. The maximum atomic E-state index is 12.4. The average molecular weight is 272 g/mol. The third-order valence-corrected chi connectivity index (χ3v) is 3.12. The molecule has 1 heterocycles. The molecule has 0 saturated heterocycles. The van der Waals surface area contributed by atoms with Gasteiger partial charge in [-0.25, -0.2) is 0 Å². The lowest BCUT2D eigenvalue weighted by Crippen LogP contribution is -2.34. The van der Waals surface area contributed by atoms with E-state index in [1.807, 2.05) is 43.3 Å². The van der Waals surface area contributed by atoms with E-state index in [0.717, 1.165) is 17.7 Å². The molecule has 1 amide bonds. The van der Waals surface area contributed by atoms with E-state index in [1.165, 1.54) is 0 Å². The highest BCUT2D eigenvalue weighted by molar-refractivity contribution is 5.91. The molecule has 2 N–H and O–H groups in total. The summed E-state index contributed by atoms with van der Waals surface area (Å²) in [5, 5.41) is 0. The molecule has 20 heavy (non-hydrogen) atoms. The molecule has 0 unspecified atom stereocenters. The van der Waals surface area contributed by atoms with E-state index in [0.29, 0.717) is 25.4 Å². The van der Waals surface area contributed by atoms with Crippen molar-refractivity contribution in [1.29, 1.82) is 0 Å². The van der Waals surface area contributed by atoms with Crippen molar-refractivity contribution >= 4 is 5.91 Å². The van der Waals surface area contributed by atoms with Gasteiger partial charge in [0.05, 0.1) is 0 Å². The number of nitrogens with zero attached hydrogens (tertiary/aromatic N) is 1. The first-order chi connectivity index (χ1) is 9.74. The average Bonchev–Trinajstić information content (AvgIpc) is 2.96. The molecule has 0 aliphatic carbocycles. The van der Waals surface area contributed by atoms with Crippen LogP contribution in [0.4, 0.5) is 0 Å². The fourth-order valence-corrected chi connectivity index (χ4v) is 2.05. The smallest absolute Gasteiger partial charge is 0.289 e. The first kappa shape index (κ1) is 14.3. The van der Waals surface area contributed by atoms with Crippen LogP contribution < -0.4 is 5.73 Å². The molecule has 2 aromatic rings. The van der Waals surface area contributed by atoms with Crippen LogP contribution in [0.1, 0.15) is 28.8 Å². The topological polar surface area (TPSA) is 59.5 Å². The fourth-order valence-electron chi connectivity index (χ4n) is 2.05. The Bertz CT molecular complexity index is 549. The Labute approximate surface area is 119 Å². The molecule has 1 aromatic carbocycles. The van der Waals surface area contributed by atoms with Gasteiger partial charge in [0, 0.05) is 26.1 Å². The quantitative estimate of drug-likeness (QED) is 0.878. The van der Waals surface area contributed by atoms with Crippen LogP contribution in [0.2, 0.25) is 0 Å². The van der Waals surface area contributed by atoms with Gasteiger partial charge >= 0.3 is 0 Å². The lowest BCUT2D eigenvalue weighted by atomic mass is 10.2. The summed E-state index contributed by atoms with van der Waals surface area (Å²) in [5.74, 6) is 1.09. The molecule has 106 valence electrons. The highest BCUT2D eigenvalue weighted by Gasteiger charge is 2.18. The number of hydrogen-bond acceptors (Lipinski definition) is 3. The number of carbonyl (C=O) groups is 1. The van der Waals surface area contributed by atoms with Crippen molar-refractivity contribution in [2.75, 3.05) is 13.1 Å². The van der Waals surface area contributed by atoms with E-state index in [1.54, 1.807) is 11.0 Å². The molecule has 0 radical (unpaired) electrons. The standard InChI is InChI=1S/C16H20N2O2/c1-2-14-8-9-15(20-14)16(19)18(11-10-17)12-13-6-4-3-5-7-13/h3-9H,2,10-12,17H2,1H3. The maximum Gasteiger partial charge on any atom is 0.289 e. The number of amides is 1. The molecule has 2 rings (SSSR count). The third-order valence-electron chi connectivity index (χ3n) is 3.12. The number of carbonyl (C=O) groups excluding carboxylic acids is 1. The molecule has 0 fully saturated rings. The molecular weight excluding hydrogens is 252 g/mol. The summed E-state index contributed by atoms with van der Waals surface area (Å²) in [6.45, 7) is 3.48. The zero-order chi connectivity index (χ0) is 14.4. The van der Waals surface area contributed by atoms with Gasteiger partial charge in [-0.3, -0.25) is 4.79 Å². The van der Waals surface area contributed by atoms with Crippen molar-refractivity contribution in [1.82, 2.24) is 4.90 Å². The van der Waals surface area contributed by atoms with E-state index in [9.17, 15) is 4.79 Å². The summed E-state index contributed by atoms with van der Waals surface area (Å²) < 4.78 is 5.53. The van der Waals surface area contributed by atoms with Gasteiger partial charge in [0.25, 0.3) is 5.91 Å². The predicted molar refractivity (Wildman–Crippen MR) is 78.3 cm³/mol. The van der Waals surface area contributed by atoms with Crippen LogP contribution in [0.3, 0.4) is 0 Å². The fraction of sp³-hybridized carbons (Fsp3) is 0.312. The Kier molecular flexibility index (Phi) is 4.96. The van der Waals surface area contributed by atoms with E-state index in [2.05, 4.69) is 0 Å². The van der Waals surface area contributed by atoms with Gasteiger partial charge in [-0.2, -0.15) is 0 Å². The van der Waals surface area contributed by atoms with Crippen molar-refractivity contribution < 1.29 is 9.21 Å². The van der Waals surface area contributed by atoms with Gasteiger partial charge in [-0.05, 0) is 17.7 Å². The number of furan rings is 1. The van der Waals surface area contributed by atoms with E-state index < -0.39 is 0 Å². The minimum absolute atomic E-state index is 0.112. The molecule has 0 aliphatic rings. The second kappa shape index (κ2) is 6.91. The van der Waals surface area contributed by atoms with Crippen LogP contribution in [0.5, 0.6) is 0 Å². The molecule has 0 aliphatic heterocycles. The van der Waals surface area contributed by atoms with E-state index in [-0.39, 0.29) is 5.91 Å². The Hall–Kier alpha value is -2.07. The zero-order valence-electron chi connectivity index (χ0n) is 11.7. The highest BCUT2D eigenvalue weighted by Crippen LogP contribution is 2.13. The minimum Gasteiger partial charge on any atom is -0.456 e. The van der Waals surface area contributed by atoms with Crippen LogP contribution in [0.15, 0.2) is 46.9 Å². The van der Waals surface area contributed by atoms with Crippen molar-refractivity contribution in [3.05, 3.63) is 59.5 Å². The Morgan fingerprint density at radius 2 is 1.95 bits per heavy atom. The monoisotopic (exact) mass is 272 g/mol. The molecule has 0 atom stereocenters. The molecule has 0 spiro atoms. The first-order valence-electron chi connectivity index (χ1n) is 6.86. The van der Waals surface area contributed by atoms with Crippen molar-refractivity contribution in [3.63, 3.8) is 0 Å². The number of benzene rings is 1. The highest BCUT2D eigenvalue weighted by atomic mass is 16.4. The second-order valence-electron chi connectivity index (χ2n) is 4.62. The molecule has 0 saturated carbocycles. The largest absolute Gasteiger partial charge is 0.456 e. The molecule has 0 bridgehead atoms. The van der Waals surface area contributed by atoms with Gasteiger partial charge in [0.1, 0.15) is 5.76 Å². The lowest BCUT2D eigenvalue weighted by molar-refractivity contribution is 0.0714. The summed E-state index contributed by atoms with van der Waals surface area (Å²) in [7, 11) is 0. The van der Waals surface area contributed by atoms with Crippen LogP contribution in [0, 0.1) is 0 Å². The van der Waals surface area contributed by atoms with Crippen LogP contribution in [0.25, 0.3) is 0 Å². The van der Waals surface area contributed by atoms with E-state index >= 15 is 0 Å². The van der Waals surface area contributed by atoms with Crippen molar-refractivity contribution in [2.24, 2.45) is 5.73 Å². The number of rotatable bonds is 6. The number of hydrogen-bond donors (Lipinski definition) is 1. The Morgan fingerprint density at radius 3 is 2.55 bits per heavy atom. The number of aryl methyl sites for hydroxylation is 1. The molecular formula is C16H20N2O2. The maximum absolute atomic E-state index is 12.4. The van der Waals surface area contributed by atoms with Crippen LogP contribution in [-0.2, 0) is 13.0 Å². The Morgan fingerprint density at radius 1 is 1.20 bits per heavy atom. The normalized spacial score (nSPS) is 10.5. The summed E-state index contributed by atoms with van der Waals surface area (Å²) in [6.07, 6.45) is 0.781. The van der Waals surface area contributed by atoms with E-state index in [4.69, 9.17) is 10.2 Å².